The normalized spacial score (nSPS) is 12.0. The third-order valence-electron chi connectivity index (χ3n) is 3.87. The van der Waals surface area contributed by atoms with Gasteiger partial charge in [0.2, 0.25) is 5.91 Å². The summed E-state index contributed by atoms with van der Waals surface area (Å²) in [5, 5.41) is 21.4. The zero-order valence-electron chi connectivity index (χ0n) is 15.9. The number of ether oxygens (including phenoxy) is 2. The van der Waals surface area contributed by atoms with Gasteiger partial charge in [0.25, 0.3) is 0 Å². The van der Waals surface area contributed by atoms with Gasteiger partial charge in [0, 0.05) is 25.6 Å². The highest BCUT2D eigenvalue weighted by molar-refractivity contribution is 6.43. The number of methoxy groups -OCH3 is 1. The Bertz CT molecular complexity index is 825. The maximum atomic E-state index is 11.6. The van der Waals surface area contributed by atoms with Gasteiger partial charge in [-0.1, -0.05) is 35.3 Å². The Hall–Kier alpha value is -2.04. The van der Waals surface area contributed by atoms with Crippen molar-refractivity contribution in [2.75, 3.05) is 39.2 Å². The molecule has 9 nitrogen and oxygen atoms in total. The molecule has 0 radical (unpaired) electrons. The van der Waals surface area contributed by atoms with Crippen molar-refractivity contribution in [3.05, 3.63) is 34.1 Å². The lowest BCUT2D eigenvalue weighted by Crippen LogP contribution is -2.35. The van der Waals surface area contributed by atoms with Crippen LogP contribution in [0.1, 0.15) is 12.2 Å². The summed E-state index contributed by atoms with van der Waals surface area (Å²) >= 11 is 12.2. The van der Waals surface area contributed by atoms with E-state index in [-0.39, 0.29) is 24.9 Å². The van der Waals surface area contributed by atoms with Gasteiger partial charge in [0.15, 0.2) is 11.6 Å². The molecule has 0 aliphatic rings. The van der Waals surface area contributed by atoms with Gasteiger partial charge in [-0.3, -0.25) is 4.79 Å². The van der Waals surface area contributed by atoms with E-state index in [0.29, 0.717) is 53.2 Å². The van der Waals surface area contributed by atoms with Crippen molar-refractivity contribution in [2.45, 2.75) is 18.9 Å². The van der Waals surface area contributed by atoms with Crippen LogP contribution in [0, 0.1) is 0 Å². The first kappa shape index (κ1) is 23.2. The van der Waals surface area contributed by atoms with Gasteiger partial charge in [0.05, 0.1) is 29.4 Å². The van der Waals surface area contributed by atoms with Crippen molar-refractivity contribution in [3.8, 4) is 11.3 Å². The second kappa shape index (κ2) is 11.8. The molecule has 1 aromatic carbocycles. The molecule has 2 aromatic rings. The second-order valence-electron chi connectivity index (χ2n) is 6.11. The molecule has 0 saturated heterocycles. The Balaban J connectivity index is 1.83. The smallest absolute Gasteiger partial charge is 0.246 e. The Morgan fingerprint density at radius 2 is 2.10 bits per heavy atom. The number of benzene rings is 1. The zero-order valence-corrected chi connectivity index (χ0v) is 17.4. The molecule has 11 heteroatoms. The molecule has 1 atom stereocenters. The largest absolute Gasteiger partial charge is 0.391 e. The minimum absolute atomic E-state index is 0.0889. The monoisotopic (exact) mass is 443 g/mol. The molecule has 4 N–H and O–H groups in total. The summed E-state index contributed by atoms with van der Waals surface area (Å²) in [7, 11) is 1.55. The second-order valence-corrected chi connectivity index (χ2v) is 6.89. The molecule has 1 aromatic heterocycles. The number of nitrogens with one attached hydrogen (secondary N) is 1. The number of nitrogen functional groups attached to an aromatic ring is 1. The number of nitrogens with zero attached hydrogens (tertiary/aromatic N) is 3. The number of anilines is 1. The quantitative estimate of drug-likeness (QED) is 0.445. The number of aromatic nitrogens is 3. The average molecular weight is 444 g/mol. The van der Waals surface area contributed by atoms with Crippen LogP contribution in [0.15, 0.2) is 18.2 Å². The van der Waals surface area contributed by atoms with E-state index in [9.17, 15) is 9.90 Å². The van der Waals surface area contributed by atoms with E-state index in [1.54, 1.807) is 25.3 Å². The van der Waals surface area contributed by atoms with Gasteiger partial charge in [-0.15, -0.1) is 10.2 Å². The Kier molecular flexibility index (Phi) is 9.49. The van der Waals surface area contributed by atoms with Crippen molar-refractivity contribution >= 4 is 34.9 Å². The summed E-state index contributed by atoms with van der Waals surface area (Å²) < 4.78 is 9.91. The number of halogens is 2. The molecule has 2 rings (SSSR count). The Morgan fingerprint density at radius 3 is 2.83 bits per heavy atom. The van der Waals surface area contributed by atoms with Crippen LogP contribution in [-0.4, -0.2) is 65.8 Å². The molecular formula is C18H23Cl2N5O4. The summed E-state index contributed by atoms with van der Waals surface area (Å²) in [5.74, 6) is 0.220. The predicted molar refractivity (Wildman–Crippen MR) is 110 cm³/mol. The predicted octanol–water partition coefficient (Wildman–Crippen LogP) is 1.50. The van der Waals surface area contributed by atoms with Crippen LogP contribution in [0.25, 0.3) is 11.3 Å². The summed E-state index contributed by atoms with van der Waals surface area (Å²) in [6.45, 7) is 0.739. The van der Waals surface area contributed by atoms with Crippen LogP contribution in [0.2, 0.25) is 10.0 Å². The average Bonchev–Trinajstić information content (AvgIpc) is 2.70. The first-order chi connectivity index (χ1) is 13.9. The lowest BCUT2D eigenvalue weighted by Gasteiger charge is -2.12. The molecule has 0 saturated carbocycles. The number of amides is 1. The SMILES string of the molecule is COCCOCC(=O)NCC(O)CCc1nnc(-c2cccc(Cl)c2Cl)c(N)n1. The van der Waals surface area contributed by atoms with E-state index in [4.69, 9.17) is 38.4 Å². The molecule has 0 aliphatic heterocycles. The highest BCUT2D eigenvalue weighted by atomic mass is 35.5. The number of aryl methyl sites for hydroxylation is 1. The summed E-state index contributed by atoms with van der Waals surface area (Å²) in [5.41, 5.74) is 6.86. The first-order valence-corrected chi connectivity index (χ1v) is 9.62. The minimum Gasteiger partial charge on any atom is -0.391 e. The minimum atomic E-state index is -0.773. The van der Waals surface area contributed by atoms with Crippen LogP contribution >= 0.6 is 23.2 Å². The standard InChI is InChI=1S/C18H23Cl2N5O4/c1-28-7-8-29-10-15(27)22-9-11(26)5-6-14-23-18(21)17(25-24-14)12-3-2-4-13(19)16(12)20/h2-4,11,26H,5-10H2,1H3,(H,22,27)(H2,21,23,24). The molecule has 158 valence electrons. The highest BCUT2D eigenvalue weighted by Gasteiger charge is 2.15. The molecule has 1 unspecified atom stereocenters. The van der Waals surface area contributed by atoms with E-state index >= 15 is 0 Å². The van der Waals surface area contributed by atoms with Crippen molar-refractivity contribution in [1.82, 2.24) is 20.5 Å². The van der Waals surface area contributed by atoms with Crippen LogP contribution < -0.4 is 11.1 Å². The summed E-state index contributed by atoms with van der Waals surface area (Å²) in [6, 6.07) is 5.11. The molecule has 1 heterocycles. The number of carbonyl (C=O) groups is 1. The summed E-state index contributed by atoms with van der Waals surface area (Å²) in [4.78, 5) is 15.8. The molecule has 0 aliphatic carbocycles. The van der Waals surface area contributed by atoms with Gasteiger partial charge in [-0.2, -0.15) is 0 Å². The molecular weight excluding hydrogens is 421 g/mol. The van der Waals surface area contributed by atoms with E-state index in [2.05, 4.69) is 20.5 Å². The van der Waals surface area contributed by atoms with Crippen LogP contribution in [0.5, 0.6) is 0 Å². The third kappa shape index (κ3) is 7.37. The van der Waals surface area contributed by atoms with E-state index < -0.39 is 6.10 Å². The third-order valence-corrected chi connectivity index (χ3v) is 4.68. The number of aliphatic hydroxyl groups excluding tert-OH is 1. The molecule has 1 amide bonds. The van der Waals surface area contributed by atoms with Crippen LogP contribution in [0.4, 0.5) is 5.82 Å². The van der Waals surface area contributed by atoms with E-state index in [1.165, 1.54) is 0 Å². The molecule has 0 bridgehead atoms. The van der Waals surface area contributed by atoms with Crippen LogP contribution in [-0.2, 0) is 20.7 Å². The van der Waals surface area contributed by atoms with Gasteiger partial charge >= 0.3 is 0 Å². The fourth-order valence-corrected chi connectivity index (χ4v) is 2.74. The van der Waals surface area contributed by atoms with Gasteiger partial charge in [0.1, 0.15) is 12.3 Å². The fraction of sp³-hybridized carbons (Fsp3) is 0.444. The number of aliphatic hydroxyl groups is 1. The number of nitrogens with two attached hydrogens (primary N) is 1. The lowest BCUT2D eigenvalue weighted by atomic mass is 10.1. The maximum absolute atomic E-state index is 11.6. The Labute approximate surface area is 178 Å². The van der Waals surface area contributed by atoms with Crippen molar-refractivity contribution in [2.24, 2.45) is 0 Å². The van der Waals surface area contributed by atoms with Crippen LogP contribution in [0.3, 0.4) is 0 Å². The molecule has 0 fully saturated rings. The topological polar surface area (TPSA) is 132 Å². The highest BCUT2D eigenvalue weighted by Crippen LogP contribution is 2.34. The number of rotatable bonds is 11. The molecule has 0 spiro atoms. The van der Waals surface area contributed by atoms with E-state index in [1.807, 2.05) is 0 Å². The van der Waals surface area contributed by atoms with Gasteiger partial charge < -0.3 is 25.6 Å². The Morgan fingerprint density at radius 1 is 1.31 bits per heavy atom. The van der Waals surface area contributed by atoms with Crippen molar-refractivity contribution in [3.63, 3.8) is 0 Å². The van der Waals surface area contributed by atoms with Gasteiger partial charge in [-0.25, -0.2) is 4.98 Å². The number of hydrogen-bond donors (Lipinski definition) is 3. The number of carbonyl (C=O) groups excluding carboxylic acids is 1. The zero-order chi connectivity index (χ0) is 21.2. The number of hydrogen-bond acceptors (Lipinski definition) is 8. The lowest BCUT2D eigenvalue weighted by molar-refractivity contribution is -0.126. The van der Waals surface area contributed by atoms with Crippen molar-refractivity contribution in [1.29, 1.82) is 0 Å². The molecule has 29 heavy (non-hydrogen) atoms. The van der Waals surface area contributed by atoms with E-state index in [0.717, 1.165) is 0 Å². The van der Waals surface area contributed by atoms with Gasteiger partial charge in [-0.05, 0) is 12.5 Å². The first-order valence-electron chi connectivity index (χ1n) is 8.87. The maximum Gasteiger partial charge on any atom is 0.246 e. The van der Waals surface area contributed by atoms with Crippen molar-refractivity contribution < 1.29 is 19.4 Å². The summed E-state index contributed by atoms with van der Waals surface area (Å²) in [6.07, 6.45) is -0.115. The fourth-order valence-electron chi connectivity index (χ4n) is 2.35.